The molecule has 1 atom stereocenters. The molecule has 0 aromatic heterocycles. The molecule has 2 amide bonds. The lowest BCUT2D eigenvalue weighted by Gasteiger charge is -2.40. The summed E-state index contributed by atoms with van der Waals surface area (Å²) in [7, 11) is 7.03. The zero-order valence-electron chi connectivity index (χ0n) is 18.7. The number of methoxy groups -OCH3 is 1. The van der Waals surface area contributed by atoms with Gasteiger partial charge in [-0.2, -0.15) is 0 Å². The fourth-order valence-electron chi connectivity index (χ4n) is 4.05. The van der Waals surface area contributed by atoms with E-state index < -0.39 is 0 Å². The fraction of sp³-hybridized carbons (Fsp3) is 0.609. The van der Waals surface area contributed by atoms with Crippen LogP contribution in [0.3, 0.4) is 0 Å². The highest BCUT2D eigenvalue weighted by molar-refractivity contribution is 5.81. The van der Waals surface area contributed by atoms with Gasteiger partial charge < -0.3 is 19.4 Å². The second kappa shape index (κ2) is 11.7. The smallest absolute Gasteiger partial charge is 0.306 e. The average molecular weight is 418 g/mol. The van der Waals surface area contributed by atoms with Crippen LogP contribution in [0.2, 0.25) is 0 Å². The Morgan fingerprint density at radius 2 is 1.70 bits per heavy atom. The van der Waals surface area contributed by atoms with E-state index in [1.54, 1.807) is 0 Å². The van der Waals surface area contributed by atoms with E-state index in [2.05, 4.69) is 16.9 Å². The van der Waals surface area contributed by atoms with Crippen LogP contribution in [-0.4, -0.2) is 86.4 Å². The van der Waals surface area contributed by atoms with E-state index in [0.717, 1.165) is 19.3 Å². The summed E-state index contributed by atoms with van der Waals surface area (Å²) in [6, 6.07) is 10.3. The monoisotopic (exact) mass is 417 g/mol. The zero-order chi connectivity index (χ0) is 22.1. The Kier molecular flexibility index (Phi) is 9.30. The molecule has 0 radical (unpaired) electrons. The zero-order valence-corrected chi connectivity index (χ0v) is 18.7. The minimum atomic E-state index is -0.359. The molecular formula is C23H35N3O4. The Balaban J connectivity index is 2.02. The van der Waals surface area contributed by atoms with E-state index in [0.29, 0.717) is 25.6 Å². The van der Waals surface area contributed by atoms with Gasteiger partial charge >= 0.3 is 5.97 Å². The second-order valence-corrected chi connectivity index (χ2v) is 8.29. The van der Waals surface area contributed by atoms with E-state index in [1.807, 2.05) is 54.0 Å². The first-order chi connectivity index (χ1) is 14.3. The van der Waals surface area contributed by atoms with Crippen molar-refractivity contribution in [3.05, 3.63) is 35.9 Å². The summed E-state index contributed by atoms with van der Waals surface area (Å²) in [4.78, 5) is 42.1. The number of likely N-dealkylation sites (N-methyl/N-ethyl adjacent to an activating group) is 2. The first kappa shape index (κ1) is 23.9. The van der Waals surface area contributed by atoms with E-state index >= 15 is 0 Å². The number of piperidine rings is 1. The second-order valence-electron chi connectivity index (χ2n) is 8.29. The van der Waals surface area contributed by atoms with Crippen molar-refractivity contribution in [2.45, 2.75) is 38.1 Å². The third-order valence-electron chi connectivity index (χ3n) is 5.84. The molecule has 7 heteroatoms. The van der Waals surface area contributed by atoms with Crippen molar-refractivity contribution in [1.82, 2.24) is 14.7 Å². The van der Waals surface area contributed by atoms with Crippen molar-refractivity contribution in [2.24, 2.45) is 5.92 Å². The van der Waals surface area contributed by atoms with Gasteiger partial charge in [-0.3, -0.25) is 14.4 Å². The fourth-order valence-corrected chi connectivity index (χ4v) is 4.05. The molecule has 166 valence electrons. The highest BCUT2D eigenvalue weighted by Crippen LogP contribution is 2.27. The minimum Gasteiger partial charge on any atom is -0.469 e. The van der Waals surface area contributed by atoms with Gasteiger partial charge in [0.1, 0.15) is 0 Å². The molecule has 0 bridgehead atoms. The first-order valence-corrected chi connectivity index (χ1v) is 10.6. The number of benzene rings is 1. The van der Waals surface area contributed by atoms with Crippen molar-refractivity contribution in [2.75, 3.05) is 47.9 Å². The predicted octanol–water partition coefficient (Wildman–Crippen LogP) is 1.81. The number of ether oxygens (including phenoxy) is 1. The highest BCUT2D eigenvalue weighted by atomic mass is 16.5. The lowest BCUT2D eigenvalue weighted by Crippen LogP contribution is -2.50. The summed E-state index contributed by atoms with van der Waals surface area (Å²) in [5, 5.41) is 0. The number of likely N-dealkylation sites (tertiary alicyclic amines) is 1. The van der Waals surface area contributed by atoms with E-state index in [1.165, 1.54) is 12.7 Å². The summed E-state index contributed by atoms with van der Waals surface area (Å²) < 4.78 is 4.62. The van der Waals surface area contributed by atoms with Crippen molar-refractivity contribution in [1.29, 1.82) is 0 Å². The number of carbonyl (C=O) groups excluding carboxylic acids is 3. The topological polar surface area (TPSA) is 70.2 Å². The van der Waals surface area contributed by atoms with Crippen LogP contribution in [0.5, 0.6) is 0 Å². The molecule has 1 aliphatic heterocycles. The molecule has 1 aliphatic rings. The van der Waals surface area contributed by atoms with Gasteiger partial charge in [-0.1, -0.05) is 30.3 Å². The number of hydrogen-bond donors (Lipinski definition) is 0. The van der Waals surface area contributed by atoms with E-state index in [9.17, 15) is 14.4 Å². The van der Waals surface area contributed by atoms with Crippen molar-refractivity contribution in [3.63, 3.8) is 0 Å². The van der Waals surface area contributed by atoms with Crippen molar-refractivity contribution < 1.29 is 19.1 Å². The Bertz CT molecular complexity index is 700. The molecule has 1 aromatic rings. The summed E-state index contributed by atoms with van der Waals surface area (Å²) in [6.45, 7) is 1.70. The Hall–Kier alpha value is -2.41. The van der Waals surface area contributed by atoms with Gasteiger partial charge in [-0.25, -0.2) is 0 Å². The average Bonchev–Trinajstić information content (AvgIpc) is 2.75. The normalized spacial score (nSPS) is 15.7. The Labute approximate surface area is 180 Å². The van der Waals surface area contributed by atoms with E-state index in [-0.39, 0.29) is 36.7 Å². The molecular weight excluding hydrogens is 382 g/mol. The maximum atomic E-state index is 12.8. The molecule has 1 saturated heterocycles. The van der Waals surface area contributed by atoms with Crippen LogP contribution in [-0.2, 0) is 25.5 Å². The van der Waals surface area contributed by atoms with Gasteiger partial charge in [0.05, 0.1) is 20.1 Å². The van der Waals surface area contributed by atoms with Gasteiger partial charge in [0.15, 0.2) is 0 Å². The van der Waals surface area contributed by atoms with Crippen molar-refractivity contribution in [3.8, 4) is 0 Å². The Morgan fingerprint density at radius 3 is 2.27 bits per heavy atom. The number of esters is 1. The summed E-state index contributed by atoms with van der Waals surface area (Å²) in [5.74, 6) is 0.0705. The van der Waals surface area contributed by atoms with Crippen LogP contribution >= 0.6 is 0 Å². The van der Waals surface area contributed by atoms with Crippen LogP contribution < -0.4 is 0 Å². The maximum Gasteiger partial charge on any atom is 0.306 e. The standard InChI is InChI=1S/C23H35N3O4/c1-24(2)17-22(28)25(3)20(16-18-8-6-5-7-9-18)19-12-14-26(15-13-19)21(27)10-11-23(29)30-4/h5-9,19-20H,10-17H2,1-4H3/t20-/m1/s1. The lowest BCUT2D eigenvalue weighted by atomic mass is 9.84. The molecule has 0 N–H and O–H groups in total. The molecule has 7 nitrogen and oxygen atoms in total. The van der Waals surface area contributed by atoms with Gasteiger partial charge in [0, 0.05) is 32.6 Å². The van der Waals surface area contributed by atoms with Crippen LogP contribution in [0.1, 0.15) is 31.2 Å². The van der Waals surface area contributed by atoms with Gasteiger partial charge in [0.25, 0.3) is 0 Å². The predicted molar refractivity (Wildman–Crippen MR) is 116 cm³/mol. The lowest BCUT2D eigenvalue weighted by molar-refractivity contribution is -0.144. The van der Waals surface area contributed by atoms with Gasteiger partial charge in [0.2, 0.25) is 11.8 Å². The summed E-state index contributed by atoms with van der Waals surface area (Å²) in [6.07, 6.45) is 2.80. The number of rotatable bonds is 9. The SMILES string of the molecule is COC(=O)CCC(=O)N1CCC([C@@H](Cc2ccccc2)N(C)C(=O)CN(C)C)CC1. The number of nitrogens with zero attached hydrogens (tertiary/aromatic N) is 3. The highest BCUT2D eigenvalue weighted by Gasteiger charge is 2.32. The number of amides is 2. The van der Waals surface area contributed by atoms with Crippen LogP contribution in [0, 0.1) is 5.92 Å². The van der Waals surface area contributed by atoms with Crippen LogP contribution in [0.15, 0.2) is 30.3 Å². The largest absolute Gasteiger partial charge is 0.469 e. The molecule has 0 spiro atoms. The van der Waals surface area contributed by atoms with Gasteiger partial charge in [-0.15, -0.1) is 0 Å². The number of carbonyl (C=O) groups is 3. The third kappa shape index (κ3) is 7.13. The summed E-state index contributed by atoms with van der Waals surface area (Å²) >= 11 is 0. The molecule has 0 unspecified atom stereocenters. The quantitative estimate of drug-likeness (QED) is 0.573. The molecule has 1 heterocycles. The van der Waals surface area contributed by atoms with Crippen LogP contribution in [0.4, 0.5) is 0 Å². The molecule has 2 rings (SSSR count). The minimum absolute atomic E-state index is 0.00417. The summed E-state index contributed by atoms with van der Waals surface area (Å²) in [5.41, 5.74) is 1.21. The first-order valence-electron chi connectivity index (χ1n) is 10.6. The number of hydrogen-bond acceptors (Lipinski definition) is 5. The molecule has 1 fully saturated rings. The Morgan fingerprint density at radius 1 is 1.07 bits per heavy atom. The van der Waals surface area contributed by atoms with Crippen molar-refractivity contribution >= 4 is 17.8 Å². The molecule has 0 saturated carbocycles. The molecule has 0 aliphatic carbocycles. The van der Waals surface area contributed by atoms with Gasteiger partial charge in [-0.05, 0) is 44.8 Å². The van der Waals surface area contributed by atoms with E-state index in [4.69, 9.17) is 0 Å². The third-order valence-corrected chi connectivity index (χ3v) is 5.84. The maximum absolute atomic E-state index is 12.8. The molecule has 1 aromatic carbocycles. The molecule has 30 heavy (non-hydrogen) atoms. The van der Waals surface area contributed by atoms with Crippen LogP contribution in [0.25, 0.3) is 0 Å².